The van der Waals surface area contributed by atoms with Gasteiger partial charge in [0.25, 0.3) is 0 Å². The van der Waals surface area contributed by atoms with Gasteiger partial charge < -0.3 is 4.90 Å². The summed E-state index contributed by atoms with van der Waals surface area (Å²) in [6.07, 6.45) is 1.17. The monoisotopic (exact) mass is 470 g/mol. The van der Waals surface area contributed by atoms with Crippen molar-refractivity contribution in [1.29, 1.82) is 0 Å². The standard InChI is InChI=1S/C19H20BrClN2O3S/c1-12-9-15-10-16(20)11-18(19(15)23(12)13(2)24)27(25,26)22-8-7-14-3-5-17(21)6-4-14/h3-6,10-12,22H,7-9H2,1-2H3. The van der Waals surface area contributed by atoms with E-state index in [0.717, 1.165) is 11.1 Å². The number of carbonyl (C=O) groups excluding carboxylic acids is 1. The summed E-state index contributed by atoms with van der Waals surface area (Å²) in [7, 11) is -3.78. The van der Waals surface area contributed by atoms with Gasteiger partial charge in [0.1, 0.15) is 4.90 Å². The van der Waals surface area contributed by atoms with E-state index in [0.29, 0.717) is 28.0 Å². The van der Waals surface area contributed by atoms with Crippen LogP contribution in [0, 0.1) is 0 Å². The Balaban J connectivity index is 1.86. The van der Waals surface area contributed by atoms with Gasteiger partial charge in [-0.05, 0) is 55.2 Å². The highest BCUT2D eigenvalue weighted by molar-refractivity contribution is 9.10. The SMILES string of the molecule is CC(=O)N1c2c(cc(Br)cc2S(=O)(=O)NCCc2ccc(Cl)cc2)CC1C. The molecule has 27 heavy (non-hydrogen) atoms. The summed E-state index contributed by atoms with van der Waals surface area (Å²) < 4.78 is 29.3. The van der Waals surface area contributed by atoms with Crippen LogP contribution in [0.2, 0.25) is 5.02 Å². The molecule has 1 atom stereocenters. The third-order valence-corrected chi connectivity index (χ3v) is 6.75. The van der Waals surface area contributed by atoms with E-state index >= 15 is 0 Å². The minimum atomic E-state index is -3.78. The van der Waals surface area contributed by atoms with Crippen LogP contribution in [0.4, 0.5) is 5.69 Å². The molecule has 8 heteroatoms. The summed E-state index contributed by atoms with van der Waals surface area (Å²) in [5.74, 6) is -0.166. The van der Waals surface area contributed by atoms with E-state index in [-0.39, 0.29) is 23.4 Å². The number of sulfonamides is 1. The van der Waals surface area contributed by atoms with Gasteiger partial charge in [0.15, 0.2) is 0 Å². The molecule has 1 aliphatic rings. The molecule has 3 rings (SSSR count). The third kappa shape index (κ3) is 4.37. The number of rotatable bonds is 5. The number of anilines is 1. The maximum atomic E-state index is 13.0. The molecular formula is C19H20BrClN2O3S. The first-order chi connectivity index (χ1) is 12.7. The zero-order valence-electron chi connectivity index (χ0n) is 15.0. The molecule has 0 aromatic heterocycles. The second-order valence-electron chi connectivity index (χ2n) is 6.63. The molecule has 0 spiro atoms. The van der Waals surface area contributed by atoms with Crippen molar-refractivity contribution in [3.63, 3.8) is 0 Å². The van der Waals surface area contributed by atoms with E-state index in [1.807, 2.05) is 25.1 Å². The number of halogens is 2. The zero-order chi connectivity index (χ0) is 19.8. The molecule has 0 saturated carbocycles. The summed E-state index contributed by atoms with van der Waals surface area (Å²) in [6, 6.07) is 10.6. The lowest BCUT2D eigenvalue weighted by molar-refractivity contribution is -0.116. The van der Waals surface area contributed by atoms with Crippen LogP contribution < -0.4 is 9.62 Å². The number of carbonyl (C=O) groups is 1. The Morgan fingerprint density at radius 2 is 1.96 bits per heavy atom. The Bertz CT molecular complexity index is 977. The van der Waals surface area contributed by atoms with Gasteiger partial charge in [-0.3, -0.25) is 4.79 Å². The first-order valence-electron chi connectivity index (χ1n) is 8.55. The van der Waals surface area contributed by atoms with Crippen molar-refractivity contribution in [1.82, 2.24) is 4.72 Å². The highest BCUT2D eigenvalue weighted by Crippen LogP contribution is 2.40. The van der Waals surface area contributed by atoms with Crippen molar-refractivity contribution in [2.75, 3.05) is 11.4 Å². The molecular weight excluding hydrogens is 452 g/mol. The second kappa shape index (κ2) is 7.91. The minimum absolute atomic E-state index is 0.0742. The third-order valence-electron chi connectivity index (χ3n) is 4.56. The van der Waals surface area contributed by atoms with Gasteiger partial charge in [0, 0.05) is 29.0 Å². The molecule has 0 radical (unpaired) electrons. The van der Waals surface area contributed by atoms with Crippen LogP contribution in [0.15, 0.2) is 45.8 Å². The number of hydrogen-bond donors (Lipinski definition) is 1. The van der Waals surface area contributed by atoms with Crippen LogP contribution in [0.3, 0.4) is 0 Å². The lowest BCUT2D eigenvalue weighted by Crippen LogP contribution is -2.35. The molecule has 1 amide bonds. The molecule has 1 N–H and O–H groups in total. The van der Waals surface area contributed by atoms with Gasteiger partial charge in [-0.2, -0.15) is 0 Å². The van der Waals surface area contributed by atoms with Gasteiger partial charge in [-0.25, -0.2) is 13.1 Å². The van der Waals surface area contributed by atoms with Crippen molar-refractivity contribution >= 4 is 49.1 Å². The van der Waals surface area contributed by atoms with Crippen LogP contribution in [-0.2, 0) is 27.7 Å². The Kier molecular flexibility index (Phi) is 5.96. The topological polar surface area (TPSA) is 66.5 Å². The molecule has 0 aliphatic carbocycles. The van der Waals surface area contributed by atoms with Crippen LogP contribution in [0.5, 0.6) is 0 Å². The van der Waals surface area contributed by atoms with Gasteiger partial charge in [0.2, 0.25) is 15.9 Å². The summed E-state index contributed by atoms with van der Waals surface area (Å²) in [6.45, 7) is 3.62. The molecule has 2 aromatic rings. The average molecular weight is 472 g/mol. The van der Waals surface area contributed by atoms with E-state index in [1.54, 1.807) is 23.1 Å². The molecule has 1 unspecified atom stereocenters. The predicted molar refractivity (Wildman–Crippen MR) is 111 cm³/mol. The summed E-state index contributed by atoms with van der Waals surface area (Å²) in [5, 5.41) is 0.641. The largest absolute Gasteiger partial charge is 0.308 e. The number of benzene rings is 2. The second-order valence-corrected chi connectivity index (χ2v) is 9.72. The van der Waals surface area contributed by atoms with E-state index < -0.39 is 10.0 Å². The van der Waals surface area contributed by atoms with E-state index in [1.165, 1.54) is 6.92 Å². The quantitative estimate of drug-likeness (QED) is 0.719. The van der Waals surface area contributed by atoms with Crippen LogP contribution >= 0.6 is 27.5 Å². The van der Waals surface area contributed by atoms with Crippen molar-refractivity contribution in [3.05, 3.63) is 57.0 Å². The smallest absolute Gasteiger partial charge is 0.242 e. The fourth-order valence-electron chi connectivity index (χ4n) is 3.42. The van der Waals surface area contributed by atoms with Crippen molar-refractivity contribution in [2.45, 2.75) is 37.6 Å². The highest BCUT2D eigenvalue weighted by atomic mass is 79.9. The van der Waals surface area contributed by atoms with Crippen molar-refractivity contribution in [3.8, 4) is 0 Å². The molecule has 5 nitrogen and oxygen atoms in total. The Labute approximate surface area is 172 Å². The summed E-state index contributed by atoms with van der Waals surface area (Å²) in [4.78, 5) is 13.8. The van der Waals surface area contributed by atoms with Crippen molar-refractivity contribution in [2.24, 2.45) is 0 Å². The summed E-state index contributed by atoms with van der Waals surface area (Å²) in [5.41, 5.74) is 2.32. The number of nitrogens with one attached hydrogen (secondary N) is 1. The lowest BCUT2D eigenvalue weighted by Gasteiger charge is -2.23. The van der Waals surface area contributed by atoms with Crippen LogP contribution in [0.25, 0.3) is 0 Å². The fourth-order valence-corrected chi connectivity index (χ4v) is 5.49. The normalized spacial score (nSPS) is 16.4. The number of hydrogen-bond acceptors (Lipinski definition) is 3. The maximum Gasteiger partial charge on any atom is 0.242 e. The van der Waals surface area contributed by atoms with Gasteiger partial charge >= 0.3 is 0 Å². The van der Waals surface area contributed by atoms with Crippen LogP contribution in [0.1, 0.15) is 25.0 Å². The van der Waals surface area contributed by atoms with Gasteiger partial charge in [-0.1, -0.05) is 39.7 Å². The molecule has 0 saturated heterocycles. The van der Waals surface area contributed by atoms with Gasteiger partial charge in [-0.15, -0.1) is 0 Å². The number of amides is 1. The Morgan fingerprint density at radius 1 is 1.30 bits per heavy atom. The lowest BCUT2D eigenvalue weighted by atomic mass is 10.1. The average Bonchev–Trinajstić information content (AvgIpc) is 2.91. The van der Waals surface area contributed by atoms with E-state index in [4.69, 9.17) is 11.6 Å². The fraction of sp³-hybridized carbons (Fsp3) is 0.316. The van der Waals surface area contributed by atoms with Crippen molar-refractivity contribution < 1.29 is 13.2 Å². The highest BCUT2D eigenvalue weighted by Gasteiger charge is 2.35. The Morgan fingerprint density at radius 3 is 2.59 bits per heavy atom. The molecule has 144 valence electrons. The maximum absolute atomic E-state index is 13.0. The Hall–Kier alpha value is -1.41. The van der Waals surface area contributed by atoms with Crippen LogP contribution in [-0.4, -0.2) is 26.9 Å². The number of fused-ring (bicyclic) bond motifs is 1. The molecule has 2 aromatic carbocycles. The van der Waals surface area contributed by atoms with Gasteiger partial charge in [0.05, 0.1) is 5.69 Å². The van der Waals surface area contributed by atoms with E-state index in [9.17, 15) is 13.2 Å². The molecule has 0 bridgehead atoms. The molecule has 1 aliphatic heterocycles. The molecule has 1 heterocycles. The summed E-state index contributed by atoms with van der Waals surface area (Å²) >= 11 is 9.26. The molecule has 0 fully saturated rings. The van der Waals surface area contributed by atoms with E-state index in [2.05, 4.69) is 20.7 Å². The first kappa shape index (κ1) is 20.3. The minimum Gasteiger partial charge on any atom is -0.308 e. The predicted octanol–water partition coefficient (Wildman–Crippen LogP) is 3.92. The zero-order valence-corrected chi connectivity index (χ0v) is 18.2. The first-order valence-corrected chi connectivity index (χ1v) is 11.2. The number of nitrogens with zero attached hydrogens (tertiary/aromatic N) is 1.